The van der Waals surface area contributed by atoms with E-state index in [0.717, 1.165) is 0 Å². The van der Waals surface area contributed by atoms with Crippen molar-refractivity contribution in [3.63, 3.8) is 0 Å². The highest BCUT2D eigenvalue weighted by Crippen LogP contribution is 2.25. The first-order chi connectivity index (χ1) is 13.7. The first-order valence-electron chi connectivity index (χ1n) is 9.21. The van der Waals surface area contributed by atoms with Gasteiger partial charge in [0.05, 0.1) is 16.0 Å². The lowest BCUT2D eigenvalue weighted by Crippen LogP contribution is -2.33. The fourth-order valence-corrected chi connectivity index (χ4v) is 3.43. The number of hydrogen-bond acceptors (Lipinski definition) is 3. The van der Waals surface area contributed by atoms with E-state index >= 15 is 0 Å². The van der Waals surface area contributed by atoms with Crippen molar-refractivity contribution in [3.8, 4) is 0 Å². The molecular formula is C21H21Cl2N3O3. The van der Waals surface area contributed by atoms with Crippen molar-refractivity contribution in [1.82, 2.24) is 4.90 Å². The molecule has 1 atom stereocenters. The summed E-state index contributed by atoms with van der Waals surface area (Å²) in [6.07, 6.45) is 0.216. The molecule has 6 nitrogen and oxygen atoms in total. The number of nitrogens with zero attached hydrogens (tertiary/aromatic N) is 1. The maximum atomic E-state index is 12.5. The molecular weight excluding hydrogens is 413 g/mol. The van der Waals surface area contributed by atoms with Crippen LogP contribution in [0.15, 0.2) is 42.5 Å². The summed E-state index contributed by atoms with van der Waals surface area (Å²) in [5.74, 6) is -0.887. The van der Waals surface area contributed by atoms with Crippen LogP contribution >= 0.6 is 23.2 Å². The summed E-state index contributed by atoms with van der Waals surface area (Å²) in [5.41, 5.74) is 1.52. The summed E-state index contributed by atoms with van der Waals surface area (Å²) in [7, 11) is 0. The van der Waals surface area contributed by atoms with Gasteiger partial charge in [0.2, 0.25) is 11.8 Å². The van der Waals surface area contributed by atoms with Crippen LogP contribution in [-0.2, 0) is 9.59 Å². The minimum atomic E-state index is -0.373. The topological polar surface area (TPSA) is 78.5 Å². The fourth-order valence-electron chi connectivity index (χ4n) is 3.13. The minimum absolute atomic E-state index is 0.00512. The monoisotopic (exact) mass is 433 g/mol. The maximum Gasteiger partial charge on any atom is 0.255 e. The Morgan fingerprint density at radius 1 is 1.00 bits per heavy atom. The normalized spacial score (nSPS) is 16.2. The molecule has 0 bridgehead atoms. The third kappa shape index (κ3) is 5.08. The number of amides is 3. The van der Waals surface area contributed by atoms with Crippen molar-refractivity contribution in [3.05, 3.63) is 58.1 Å². The van der Waals surface area contributed by atoms with Gasteiger partial charge in [-0.2, -0.15) is 0 Å². The first-order valence-corrected chi connectivity index (χ1v) is 9.97. The van der Waals surface area contributed by atoms with E-state index in [1.54, 1.807) is 47.4 Å². The third-order valence-corrected chi connectivity index (χ3v) is 5.48. The second-order valence-electron chi connectivity index (χ2n) is 7.19. The zero-order chi connectivity index (χ0) is 21.1. The number of halogens is 2. The number of carbonyl (C=O) groups excluding carboxylic acids is 3. The van der Waals surface area contributed by atoms with Crippen LogP contribution in [0.2, 0.25) is 10.0 Å². The van der Waals surface area contributed by atoms with Crippen molar-refractivity contribution in [2.45, 2.75) is 26.3 Å². The van der Waals surface area contributed by atoms with Gasteiger partial charge in [-0.1, -0.05) is 23.2 Å². The van der Waals surface area contributed by atoms with Gasteiger partial charge in [0.15, 0.2) is 0 Å². The second kappa shape index (κ2) is 8.84. The standard InChI is InChI=1S/C21H21Cl2N3O3/c1-12(2)26-11-14(9-19(26)27)21(29)24-15-5-3-13(4-6-15)20(28)25-16-7-8-17(22)18(23)10-16/h3-8,10,12,14H,9,11H2,1-2H3,(H,24,29)(H,25,28). The molecule has 0 spiro atoms. The zero-order valence-corrected chi connectivity index (χ0v) is 17.6. The Kier molecular flexibility index (Phi) is 6.45. The molecule has 8 heteroatoms. The maximum absolute atomic E-state index is 12.5. The highest BCUT2D eigenvalue weighted by atomic mass is 35.5. The summed E-state index contributed by atoms with van der Waals surface area (Å²) < 4.78 is 0. The lowest BCUT2D eigenvalue weighted by atomic mass is 10.1. The lowest BCUT2D eigenvalue weighted by molar-refractivity contribution is -0.129. The number of hydrogen-bond donors (Lipinski definition) is 2. The molecule has 1 unspecified atom stereocenters. The molecule has 3 amide bonds. The molecule has 29 heavy (non-hydrogen) atoms. The highest BCUT2D eigenvalue weighted by molar-refractivity contribution is 6.42. The molecule has 1 saturated heterocycles. The van der Waals surface area contributed by atoms with E-state index in [4.69, 9.17) is 23.2 Å². The zero-order valence-electron chi connectivity index (χ0n) is 16.0. The summed E-state index contributed by atoms with van der Waals surface area (Å²) in [6.45, 7) is 4.28. The Hall–Kier alpha value is -2.57. The number of rotatable bonds is 5. The molecule has 1 heterocycles. The number of anilines is 2. The number of nitrogens with one attached hydrogen (secondary N) is 2. The summed E-state index contributed by atoms with van der Waals surface area (Å²) >= 11 is 11.8. The Morgan fingerprint density at radius 2 is 1.66 bits per heavy atom. The van der Waals surface area contributed by atoms with Gasteiger partial charge in [0.1, 0.15) is 0 Å². The van der Waals surface area contributed by atoms with E-state index in [2.05, 4.69) is 10.6 Å². The largest absolute Gasteiger partial charge is 0.339 e. The van der Waals surface area contributed by atoms with E-state index in [1.807, 2.05) is 13.8 Å². The summed E-state index contributed by atoms with van der Waals surface area (Å²) in [4.78, 5) is 38.5. The predicted molar refractivity (Wildman–Crippen MR) is 114 cm³/mol. The molecule has 1 fully saturated rings. The van der Waals surface area contributed by atoms with Crippen molar-refractivity contribution >= 4 is 52.3 Å². The van der Waals surface area contributed by atoms with E-state index in [-0.39, 0.29) is 36.1 Å². The highest BCUT2D eigenvalue weighted by Gasteiger charge is 2.35. The second-order valence-corrected chi connectivity index (χ2v) is 8.00. The van der Waals surface area contributed by atoms with Gasteiger partial charge in [0, 0.05) is 35.9 Å². The van der Waals surface area contributed by atoms with Crippen LogP contribution in [0.1, 0.15) is 30.6 Å². The molecule has 0 aromatic heterocycles. The van der Waals surface area contributed by atoms with E-state index < -0.39 is 0 Å². The Labute approximate surface area is 179 Å². The van der Waals surface area contributed by atoms with Crippen LogP contribution in [0.3, 0.4) is 0 Å². The molecule has 0 aliphatic carbocycles. The average molecular weight is 434 g/mol. The van der Waals surface area contributed by atoms with Gasteiger partial charge < -0.3 is 15.5 Å². The lowest BCUT2D eigenvalue weighted by Gasteiger charge is -2.20. The van der Waals surface area contributed by atoms with Crippen LogP contribution in [0, 0.1) is 5.92 Å². The van der Waals surface area contributed by atoms with E-state index in [9.17, 15) is 14.4 Å². The van der Waals surface area contributed by atoms with Crippen molar-refractivity contribution in [2.75, 3.05) is 17.2 Å². The average Bonchev–Trinajstić information content (AvgIpc) is 3.07. The molecule has 2 aromatic carbocycles. The third-order valence-electron chi connectivity index (χ3n) is 4.74. The molecule has 1 aliphatic heterocycles. The van der Waals surface area contributed by atoms with E-state index in [0.29, 0.717) is 33.5 Å². The number of benzene rings is 2. The van der Waals surface area contributed by atoms with Crippen molar-refractivity contribution in [2.24, 2.45) is 5.92 Å². The molecule has 1 aliphatic rings. The Morgan fingerprint density at radius 3 is 2.24 bits per heavy atom. The molecule has 0 radical (unpaired) electrons. The summed E-state index contributed by atoms with van der Waals surface area (Å²) in [6, 6.07) is 11.4. The molecule has 2 N–H and O–H groups in total. The minimum Gasteiger partial charge on any atom is -0.339 e. The first kappa shape index (κ1) is 21.1. The quantitative estimate of drug-likeness (QED) is 0.731. The number of likely N-dealkylation sites (tertiary alicyclic amines) is 1. The smallest absolute Gasteiger partial charge is 0.255 e. The Balaban J connectivity index is 1.59. The van der Waals surface area contributed by atoms with E-state index in [1.165, 1.54) is 0 Å². The Bertz CT molecular complexity index is 945. The molecule has 0 saturated carbocycles. The fraction of sp³-hybridized carbons (Fsp3) is 0.286. The van der Waals surface area contributed by atoms with Crippen molar-refractivity contribution in [1.29, 1.82) is 0 Å². The number of carbonyl (C=O) groups is 3. The predicted octanol–water partition coefficient (Wildman–Crippen LogP) is 4.44. The van der Waals surface area contributed by atoms with Crippen LogP contribution in [-0.4, -0.2) is 35.2 Å². The van der Waals surface area contributed by atoms with Crippen LogP contribution < -0.4 is 10.6 Å². The van der Waals surface area contributed by atoms with Gasteiger partial charge in [-0.15, -0.1) is 0 Å². The molecule has 152 valence electrons. The summed E-state index contributed by atoms with van der Waals surface area (Å²) in [5, 5.41) is 6.31. The van der Waals surface area contributed by atoms with Gasteiger partial charge in [-0.05, 0) is 56.3 Å². The van der Waals surface area contributed by atoms with Gasteiger partial charge in [-0.3, -0.25) is 14.4 Å². The molecule has 2 aromatic rings. The van der Waals surface area contributed by atoms with Gasteiger partial charge >= 0.3 is 0 Å². The van der Waals surface area contributed by atoms with Crippen molar-refractivity contribution < 1.29 is 14.4 Å². The van der Waals surface area contributed by atoms with Crippen LogP contribution in [0.5, 0.6) is 0 Å². The van der Waals surface area contributed by atoms with Crippen LogP contribution in [0.25, 0.3) is 0 Å². The van der Waals surface area contributed by atoms with Crippen LogP contribution in [0.4, 0.5) is 11.4 Å². The molecule has 3 rings (SSSR count). The SMILES string of the molecule is CC(C)N1CC(C(=O)Nc2ccc(C(=O)Nc3ccc(Cl)c(Cl)c3)cc2)CC1=O. The van der Waals surface area contributed by atoms with Gasteiger partial charge in [-0.25, -0.2) is 0 Å². The van der Waals surface area contributed by atoms with Gasteiger partial charge in [0.25, 0.3) is 5.91 Å².